The highest BCUT2D eigenvalue weighted by Crippen LogP contribution is 2.17. The summed E-state index contributed by atoms with van der Waals surface area (Å²) in [6.07, 6.45) is -1.31. The maximum absolute atomic E-state index is 11.8. The van der Waals surface area contributed by atoms with Gasteiger partial charge in [0.05, 0.1) is 6.42 Å². The quantitative estimate of drug-likeness (QED) is 0.682. The lowest BCUT2D eigenvalue weighted by molar-refractivity contribution is -0.139. The van der Waals surface area contributed by atoms with Gasteiger partial charge in [0.2, 0.25) is 5.91 Å². The molecule has 0 bridgehead atoms. The van der Waals surface area contributed by atoms with E-state index in [1.165, 1.54) is 0 Å². The molecule has 0 aliphatic carbocycles. The van der Waals surface area contributed by atoms with Gasteiger partial charge in [-0.1, -0.05) is 6.07 Å². The number of benzene rings is 1. The van der Waals surface area contributed by atoms with Crippen molar-refractivity contribution >= 4 is 17.8 Å². The molecule has 0 radical (unpaired) electrons. The van der Waals surface area contributed by atoms with E-state index in [2.05, 4.69) is 10.9 Å². The van der Waals surface area contributed by atoms with Crippen LogP contribution in [0.2, 0.25) is 0 Å². The maximum Gasteiger partial charge on any atom is 0.303 e. The summed E-state index contributed by atoms with van der Waals surface area (Å²) in [6.45, 7) is 5.46. The third kappa shape index (κ3) is 5.82. The van der Waals surface area contributed by atoms with E-state index in [-0.39, 0.29) is 12.8 Å². The summed E-state index contributed by atoms with van der Waals surface area (Å²) in [4.78, 5) is 33.4. The Morgan fingerprint density at radius 2 is 1.82 bits per heavy atom. The first-order chi connectivity index (χ1) is 10.3. The number of amides is 2. The molecule has 0 aromatic heterocycles. The van der Waals surface area contributed by atoms with Crippen LogP contribution in [-0.2, 0) is 14.4 Å². The van der Waals surface area contributed by atoms with Gasteiger partial charge in [-0.3, -0.25) is 25.2 Å². The molecule has 1 atom stereocenters. The standard InChI is InChI=1S/C15H20N2O5/c1-9-4-5-12(8-10(9)2)22-11(3)15(21)17-16-13(18)6-7-14(19)20/h4-5,8,11H,6-7H2,1-3H3,(H,16,18)(H,17,21)(H,19,20). The first-order valence-corrected chi connectivity index (χ1v) is 6.84. The molecule has 0 fully saturated rings. The fraction of sp³-hybridized carbons (Fsp3) is 0.400. The summed E-state index contributed by atoms with van der Waals surface area (Å²) in [5, 5.41) is 8.45. The number of aliphatic carboxylic acids is 1. The van der Waals surface area contributed by atoms with Gasteiger partial charge in [0, 0.05) is 6.42 Å². The Hall–Kier alpha value is -2.57. The second-order valence-electron chi connectivity index (χ2n) is 4.94. The molecule has 7 heteroatoms. The van der Waals surface area contributed by atoms with Crippen molar-refractivity contribution in [2.45, 2.75) is 39.7 Å². The number of hydrazine groups is 1. The van der Waals surface area contributed by atoms with Gasteiger partial charge in [0.25, 0.3) is 5.91 Å². The molecule has 1 rings (SSSR count). The average Bonchev–Trinajstić information content (AvgIpc) is 2.46. The second kappa shape index (κ2) is 8.02. The van der Waals surface area contributed by atoms with Crippen molar-refractivity contribution < 1.29 is 24.2 Å². The van der Waals surface area contributed by atoms with Crippen molar-refractivity contribution in [3.63, 3.8) is 0 Å². The molecule has 1 aromatic rings. The van der Waals surface area contributed by atoms with E-state index in [0.717, 1.165) is 11.1 Å². The number of ether oxygens (including phenoxy) is 1. The summed E-state index contributed by atoms with van der Waals surface area (Å²) in [7, 11) is 0. The van der Waals surface area contributed by atoms with E-state index < -0.39 is 23.9 Å². The lowest BCUT2D eigenvalue weighted by atomic mass is 10.1. The molecule has 0 spiro atoms. The number of nitrogens with one attached hydrogen (secondary N) is 2. The smallest absolute Gasteiger partial charge is 0.303 e. The zero-order valence-electron chi connectivity index (χ0n) is 12.8. The number of carboxylic acid groups (broad SMARTS) is 1. The lowest BCUT2D eigenvalue weighted by Gasteiger charge is -2.15. The Morgan fingerprint density at radius 1 is 1.14 bits per heavy atom. The molecule has 0 aliphatic rings. The van der Waals surface area contributed by atoms with E-state index in [0.29, 0.717) is 5.75 Å². The van der Waals surface area contributed by atoms with Gasteiger partial charge < -0.3 is 9.84 Å². The van der Waals surface area contributed by atoms with Crippen molar-refractivity contribution in [2.24, 2.45) is 0 Å². The molecule has 0 saturated heterocycles. The van der Waals surface area contributed by atoms with Crippen LogP contribution in [0.15, 0.2) is 18.2 Å². The number of aryl methyl sites for hydroxylation is 2. The van der Waals surface area contributed by atoms with Crippen LogP contribution >= 0.6 is 0 Å². The van der Waals surface area contributed by atoms with Crippen molar-refractivity contribution in [3.05, 3.63) is 29.3 Å². The molecular weight excluding hydrogens is 288 g/mol. The van der Waals surface area contributed by atoms with Crippen LogP contribution in [0.1, 0.15) is 30.9 Å². The Bertz CT molecular complexity index is 571. The Morgan fingerprint density at radius 3 is 2.41 bits per heavy atom. The van der Waals surface area contributed by atoms with Gasteiger partial charge >= 0.3 is 5.97 Å². The molecule has 7 nitrogen and oxygen atoms in total. The van der Waals surface area contributed by atoms with Crippen molar-refractivity contribution in [2.75, 3.05) is 0 Å². The zero-order valence-corrected chi connectivity index (χ0v) is 12.8. The highest BCUT2D eigenvalue weighted by molar-refractivity contribution is 5.85. The highest BCUT2D eigenvalue weighted by Gasteiger charge is 2.15. The normalized spacial score (nSPS) is 11.4. The monoisotopic (exact) mass is 308 g/mol. The molecule has 120 valence electrons. The third-order valence-electron chi connectivity index (χ3n) is 3.05. The van der Waals surface area contributed by atoms with Gasteiger partial charge in [-0.2, -0.15) is 0 Å². The van der Waals surface area contributed by atoms with Gasteiger partial charge in [-0.25, -0.2) is 0 Å². The van der Waals surface area contributed by atoms with Gasteiger partial charge in [-0.15, -0.1) is 0 Å². The summed E-state index contributed by atoms with van der Waals surface area (Å²) >= 11 is 0. The van der Waals surface area contributed by atoms with Crippen LogP contribution in [0, 0.1) is 13.8 Å². The number of carbonyl (C=O) groups is 3. The van der Waals surface area contributed by atoms with E-state index >= 15 is 0 Å². The Kier molecular flexibility index (Phi) is 6.37. The number of rotatable bonds is 6. The minimum atomic E-state index is -1.08. The lowest BCUT2D eigenvalue weighted by Crippen LogP contribution is -2.47. The number of carboxylic acids is 1. The van der Waals surface area contributed by atoms with Crippen LogP contribution < -0.4 is 15.6 Å². The first kappa shape index (κ1) is 17.5. The average molecular weight is 308 g/mol. The SMILES string of the molecule is Cc1ccc(OC(C)C(=O)NNC(=O)CCC(=O)O)cc1C. The molecular formula is C15H20N2O5. The summed E-state index contributed by atoms with van der Waals surface area (Å²) in [5.41, 5.74) is 6.51. The van der Waals surface area contributed by atoms with E-state index in [4.69, 9.17) is 9.84 Å². The number of carbonyl (C=O) groups excluding carboxylic acids is 2. The topological polar surface area (TPSA) is 105 Å². The van der Waals surface area contributed by atoms with Gasteiger partial charge in [-0.05, 0) is 44.0 Å². The highest BCUT2D eigenvalue weighted by atomic mass is 16.5. The second-order valence-corrected chi connectivity index (χ2v) is 4.94. The molecule has 3 N–H and O–H groups in total. The van der Waals surface area contributed by atoms with Crippen molar-refractivity contribution in [3.8, 4) is 5.75 Å². The van der Waals surface area contributed by atoms with Crippen LogP contribution in [-0.4, -0.2) is 29.0 Å². The van der Waals surface area contributed by atoms with Crippen LogP contribution in [0.3, 0.4) is 0 Å². The predicted octanol–water partition coefficient (Wildman–Crippen LogP) is 1.08. The molecule has 0 saturated carbocycles. The number of hydrogen-bond donors (Lipinski definition) is 3. The maximum atomic E-state index is 11.8. The molecule has 1 unspecified atom stereocenters. The predicted molar refractivity (Wildman–Crippen MR) is 79.2 cm³/mol. The third-order valence-corrected chi connectivity index (χ3v) is 3.05. The fourth-order valence-electron chi connectivity index (χ4n) is 1.56. The first-order valence-electron chi connectivity index (χ1n) is 6.84. The Balaban J connectivity index is 2.43. The minimum Gasteiger partial charge on any atom is -0.481 e. The molecule has 0 heterocycles. The van der Waals surface area contributed by atoms with Gasteiger partial charge in [0.15, 0.2) is 6.10 Å². The molecule has 22 heavy (non-hydrogen) atoms. The molecule has 0 aliphatic heterocycles. The summed E-state index contributed by atoms with van der Waals surface area (Å²) < 4.78 is 5.48. The Labute approximate surface area is 128 Å². The largest absolute Gasteiger partial charge is 0.481 e. The fourth-order valence-corrected chi connectivity index (χ4v) is 1.56. The van der Waals surface area contributed by atoms with Crippen LogP contribution in [0.5, 0.6) is 5.75 Å². The number of hydrogen-bond acceptors (Lipinski definition) is 4. The minimum absolute atomic E-state index is 0.206. The van der Waals surface area contributed by atoms with E-state index in [9.17, 15) is 14.4 Å². The zero-order chi connectivity index (χ0) is 16.7. The molecule has 2 amide bonds. The van der Waals surface area contributed by atoms with Gasteiger partial charge in [0.1, 0.15) is 5.75 Å². The summed E-state index contributed by atoms with van der Waals surface area (Å²) in [5.74, 6) is -1.62. The summed E-state index contributed by atoms with van der Waals surface area (Å²) in [6, 6.07) is 5.48. The van der Waals surface area contributed by atoms with Crippen LogP contribution in [0.4, 0.5) is 0 Å². The van der Waals surface area contributed by atoms with Crippen molar-refractivity contribution in [1.29, 1.82) is 0 Å². The van der Waals surface area contributed by atoms with Crippen LogP contribution in [0.25, 0.3) is 0 Å². The van der Waals surface area contributed by atoms with E-state index in [1.54, 1.807) is 13.0 Å². The molecule has 1 aromatic carbocycles. The van der Waals surface area contributed by atoms with E-state index in [1.807, 2.05) is 26.0 Å². The van der Waals surface area contributed by atoms with Crippen molar-refractivity contribution in [1.82, 2.24) is 10.9 Å².